The summed E-state index contributed by atoms with van der Waals surface area (Å²) in [6, 6.07) is 3.38. The molecular formula is C21H30BrClN2O5. The van der Waals surface area contributed by atoms with Crippen LogP contribution in [0.25, 0.3) is 0 Å². The van der Waals surface area contributed by atoms with Crippen molar-refractivity contribution in [2.24, 2.45) is 11.8 Å². The molecule has 2 rings (SSSR count). The molecule has 1 saturated heterocycles. The fourth-order valence-electron chi connectivity index (χ4n) is 2.97. The third kappa shape index (κ3) is 7.23. The predicted octanol–water partition coefficient (Wildman–Crippen LogP) is 5.26. The lowest BCUT2D eigenvalue weighted by atomic mass is 10.0. The highest BCUT2D eigenvalue weighted by Crippen LogP contribution is 2.36. The van der Waals surface area contributed by atoms with E-state index in [1.54, 1.807) is 17.0 Å². The topological polar surface area (TPSA) is 88.1 Å². The first-order valence-corrected chi connectivity index (χ1v) is 11.1. The van der Waals surface area contributed by atoms with Gasteiger partial charge in [0.1, 0.15) is 11.4 Å². The van der Waals surface area contributed by atoms with E-state index < -0.39 is 17.7 Å². The minimum absolute atomic E-state index is 0.173. The average molecular weight is 506 g/mol. The Labute approximate surface area is 191 Å². The number of ether oxygens (including phenoxy) is 2. The van der Waals surface area contributed by atoms with Crippen molar-refractivity contribution in [2.75, 3.05) is 25.0 Å². The second-order valence-electron chi connectivity index (χ2n) is 8.97. The number of carboxylic acids is 1. The van der Waals surface area contributed by atoms with Crippen LogP contribution in [-0.2, 0) is 9.53 Å². The van der Waals surface area contributed by atoms with E-state index in [9.17, 15) is 14.7 Å². The standard InChI is InChI=1S/C21H30BrClN2O5/c1-12(2)6-18(19(26)27)29-17-7-14(22)15(23)8-16(17)24-9-13-10-25(11-13)20(28)30-21(3,4)5/h7-8,12-13,18,24H,6,9-11H2,1-5H3,(H,26,27). The quantitative estimate of drug-likeness (QED) is 0.501. The molecule has 1 heterocycles. The van der Waals surface area contributed by atoms with Gasteiger partial charge in [0.25, 0.3) is 0 Å². The Bertz CT molecular complexity index is 775. The van der Waals surface area contributed by atoms with Gasteiger partial charge in [0.05, 0.1) is 10.7 Å². The third-order valence-corrected chi connectivity index (χ3v) is 5.64. The van der Waals surface area contributed by atoms with Gasteiger partial charge in [0, 0.05) is 30.0 Å². The number of likely N-dealkylation sites (tertiary alicyclic amines) is 1. The van der Waals surface area contributed by atoms with Crippen LogP contribution in [0.5, 0.6) is 5.75 Å². The van der Waals surface area contributed by atoms with E-state index in [2.05, 4.69) is 21.2 Å². The van der Waals surface area contributed by atoms with Crippen LogP contribution in [0.15, 0.2) is 16.6 Å². The molecule has 1 aliphatic heterocycles. The van der Waals surface area contributed by atoms with Crippen LogP contribution in [0.2, 0.25) is 5.02 Å². The highest BCUT2D eigenvalue weighted by Gasteiger charge is 2.33. The molecule has 168 valence electrons. The molecule has 1 unspecified atom stereocenters. The molecule has 0 radical (unpaired) electrons. The van der Waals surface area contributed by atoms with Crippen molar-refractivity contribution in [1.82, 2.24) is 4.90 Å². The zero-order valence-electron chi connectivity index (χ0n) is 18.0. The molecule has 0 spiro atoms. The summed E-state index contributed by atoms with van der Waals surface area (Å²) in [5.74, 6) is -0.166. The van der Waals surface area contributed by atoms with Gasteiger partial charge in [-0.05, 0) is 61.2 Å². The molecule has 7 nitrogen and oxygen atoms in total. The van der Waals surface area contributed by atoms with Crippen LogP contribution >= 0.6 is 27.5 Å². The number of carbonyl (C=O) groups is 2. The van der Waals surface area contributed by atoms with E-state index in [0.29, 0.717) is 47.0 Å². The Morgan fingerprint density at radius 1 is 1.33 bits per heavy atom. The molecular weight excluding hydrogens is 476 g/mol. The van der Waals surface area contributed by atoms with Crippen molar-refractivity contribution in [3.8, 4) is 5.75 Å². The smallest absolute Gasteiger partial charge is 0.410 e. The van der Waals surface area contributed by atoms with Crippen LogP contribution in [0.1, 0.15) is 41.0 Å². The Hall–Kier alpha value is -1.67. The first-order chi connectivity index (χ1) is 13.9. The molecule has 1 aromatic carbocycles. The first-order valence-electron chi connectivity index (χ1n) is 9.96. The van der Waals surface area contributed by atoms with Crippen molar-refractivity contribution in [3.63, 3.8) is 0 Å². The number of halogens is 2. The van der Waals surface area contributed by atoms with E-state index >= 15 is 0 Å². The molecule has 0 aromatic heterocycles. The summed E-state index contributed by atoms with van der Waals surface area (Å²) in [4.78, 5) is 25.3. The molecule has 1 fully saturated rings. The van der Waals surface area contributed by atoms with Crippen LogP contribution in [0, 0.1) is 11.8 Å². The van der Waals surface area contributed by atoms with E-state index in [0.717, 1.165) is 0 Å². The number of hydrogen-bond donors (Lipinski definition) is 2. The number of rotatable bonds is 8. The van der Waals surface area contributed by atoms with Gasteiger partial charge in [0.2, 0.25) is 0 Å². The van der Waals surface area contributed by atoms with Crippen LogP contribution in [0.3, 0.4) is 0 Å². The van der Waals surface area contributed by atoms with Crippen LogP contribution in [0.4, 0.5) is 10.5 Å². The molecule has 2 N–H and O–H groups in total. The molecule has 0 aliphatic carbocycles. The Balaban J connectivity index is 2.00. The van der Waals surface area contributed by atoms with E-state index in [1.807, 2.05) is 34.6 Å². The summed E-state index contributed by atoms with van der Waals surface area (Å²) in [6.45, 7) is 11.2. The van der Waals surface area contributed by atoms with Gasteiger partial charge in [-0.2, -0.15) is 0 Å². The minimum atomic E-state index is -1.01. The van der Waals surface area contributed by atoms with Crippen molar-refractivity contribution in [1.29, 1.82) is 0 Å². The highest BCUT2D eigenvalue weighted by atomic mass is 79.9. The number of nitrogens with one attached hydrogen (secondary N) is 1. The Morgan fingerprint density at radius 3 is 2.50 bits per heavy atom. The van der Waals surface area contributed by atoms with Crippen LogP contribution in [-0.4, -0.2) is 53.4 Å². The second kappa shape index (κ2) is 10.1. The minimum Gasteiger partial charge on any atom is -0.479 e. The zero-order chi connectivity index (χ0) is 22.6. The molecule has 1 atom stereocenters. The lowest BCUT2D eigenvalue weighted by molar-refractivity contribution is -0.145. The number of benzene rings is 1. The summed E-state index contributed by atoms with van der Waals surface area (Å²) >= 11 is 9.60. The zero-order valence-corrected chi connectivity index (χ0v) is 20.3. The third-order valence-electron chi connectivity index (χ3n) is 4.44. The van der Waals surface area contributed by atoms with Gasteiger partial charge in [-0.25, -0.2) is 9.59 Å². The predicted molar refractivity (Wildman–Crippen MR) is 120 cm³/mol. The van der Waals surface area contributed by atoms with Gasteiger partial charge in [0.15, 0.2) is 6.10 Å². The average Bonchev–Trinajstić information content (AvgIpc) is 2.54. The number of anilines is 1. The number of hydrogen-bond acceptors (Lipinski definition) is 5. The maximum Gasteiger partial charge on any atom is 0.410 e. The molecule has 1 aromatic rings. The maximum atomic E-state index is 12.1. The van der Waals surface area contributed by atoms with Gasteiger partial charge < -0.3 is 24.8 Å². The van der Waals surface area contributed by atoms with Gasteiger partial charge in [-0.3, -0.25) is 0 Å². The highest BCUT2D eigenvalue weighted by molar-refractivity contribution is 9.10. The summed E-state index contributed by atoms with van der Waals surface area (Å²) < 4.78 is 11.8. The lowest BCUT2D eigenvalue weighted by Gasteiger charge is -2.40. The monoisotopic (exact) mass is 504 g/mol. The number of amides is 1. The molecule has 30 heavy (non-hydrogen) atoms. The largest absolute Gasteiger partial charge is 0.479 e. The van der Waals surface area contributed by atoms with Gasteiger partial charge >= 0.3 is 12.1 Å². The summed E-state index contributed by atoms with van der Waals surface area (Å²) in [5, 5.41) is 13.3. The summed E-state index contributed by atoms with van der Waals surface area (Å²) in [7, 11) is 0. The van der Waals surface area contributed by atoms with Crippen LogP contribution < -0.4 is 10.1 Å². The Morgan fingerprint density at radius 2 is 1.97 bits per heavy atom. The van der Waals surface area contributed by atoms with E-state index in [-0.39, 0.29) is 17.9 Å². The number of carboxylic acid groups (broad SMARTS) is 1. The normalized spacial score (nSPS) is 15.5. The van der Waals surface area contributed by atoms with E-state index in [4.69, 9.17) is 21.1 Å². The number of carbonyl (C=O) groups excluding carboxylic acids is 1. The van der Waals surface area contributed by atoms with Crippen molar-refractivity contribution >= 4 is 45.3 Å². The van der Waals surface area contributed by atoms with E-state index in [1.165, 1.54) is 0 Å². The molecule has 1 amide bonds. The molecule has 0 bridgehead atoms. The van der Waals surface area contributed by atoms with Crippen molar-refractivity contribution in [3.05, 3.63) is 21.6 Å². The SMILES string of the molecule is CC(C)CC(Oc1cc(Br)c(Cl)cc1NCC1CN(C(=O)OC(C)(C)C)C1)C(=O)O. The van der Waals surface area contributed by atoms with Gasteiger partial charge in [-0.1, -0.05) is 25.4 Å². The molecule has 9 heteroatoms. The maximum absolute atomic E-state index is 12.1. The first kappa shape index (κ1) is 24.6. The Kier molecular flexibility index (Phi) is 8.27. The van der Waals surface area contributed by atoms with Crippen molar-refractivity contribution in [2.45, 2.75) is 52.7 Å². The summed E-state index contributed by atoms with van der Waals surface area (Å²) in [5.41, 5.74) is 0.103. The van der Waals surface area contributed by atoms with Crippen molar-refractivity contribution < 1.29 is 24.2 Å². The fourth-order valence-corrected chi connectivity index (χ4v) is 3.46. The van der Waals surface area contributed by atoms with Gasteiger partial charge in [-0.15, -0.1) is 0 Å². The fraction of sp³-hybridized carbons (Fsp3) is 0.619. The lowest BCUT2D eigenvalue weighted by Crippen LogP contribution is -2.53. The summed E-state index contributed by atoms with van der Waals surface area (Å²) in [6.07, 6.45) is -0.875. The second-order valence-corrected chi connectivity index (χ2v) is 10.2. The number of nitrogens with zero attached hydrogens (tertiary/aromatic N) is 1. The molecule has 0 saturated carbocycles. The molecule has 1 aliphatic rings. The number of aliphatic carboxylic acids is 1.